The Morgan fingerprint density at radius 2 is 2.23 bits per heavy atom. The van der Waals surface area contributed by atoms with E-state index in [1.807, 2.05) is 18.4 Å². The summed E-state index contributed by atoms with van der Waals surface area (Å²) in [5.74, 6) is 0. The van der Waals surface area contributed by atoms with E-state index in [9.17, 15) is 0 Å². The second-order valence-corrected chi connectivity index (χ2v) is 4.43. The fraction of sp³-hybridized carbons (Fsp3) is 0.700. The first kappa shape index (κ1) is 10.7. The van der Waals surface area contributed by atoms with Crippen LogP contribution in [0.15, 0.2) is 0 Å². The van der Waals surface area contributed by atoms with E-state index in [0.717, 1.165) is 6.42 Å². The van der Waals surface area contributed by atoms with Gasteiger partial charge in [-0.15, -0.1) is 11.3 Å². The van der Waals surface area contributed by atoms with Gasteiger partial charge in [-0.25, -0.2) is 4.98 Å². The lowest BCUT2D eigenvalue weighted by atomic mass is 10.2. The predicted octanol–water partition coefficient (Wildman–Crippen LogP) is 2.68. The maximum absolute atomic E-state index is 4.55. The van der Waals surface area contributed by atoms with Gasteiger partial charge in [-0.05, 0) is 33.7 Å². The molecule has 0 radical (unpaired) electrons. The van der Waals surface area contributed by atoms with Crippen LogP contribution in [0.3, 0.4) is 0 Å². The van der Waals surface area contributed by atoms with Gasteiger partial charge in [0.25, 0.3) is 0 Å². The van der Waals surface area contributed by atoms with Gasteiger partial charge < -0.3 is 5.32 Å². The van der Waals surface area contributed by atoms with Gasteiger partial charge >= 0.3 is 0 Å². The normalized spacial score (nSPS) is 13.2. The molecule has 0 aliphatic heterocycles. The third-order valence-electron chi connectivity index (χ3n) is 2.17. The van der Waals surface area contributed by atoms with Gasteiger partial charge in [-0.2, -0.15) is 0 Å². The molecule has 1 atom stereocenters. The highest BCUT2D eigenvalue weighted by molar-refractivity contribution is 7.11. The Balaban J connectivity index is 2.82. The smallest absolute Gasteiger partial charge is 0.0931 e. The van der Waals surface area contributed by atoms with Gasteiger partial charge in [0.2, 0.25) is 0 Å². The summed E-state index contributed by atoms with van der Waals surface area (Å²) in [7, 11) is 1.99. The van der Waals surface area contributed by atoms with E-state index in [-0.39, 0.29) is 0 Å². The van der Waals surface area contributed by atoms with Gasteiger partial charge in [0.1, 0.15) is 0 Å². The number of hydrogen-bond acceptors (Lipinski definition) is 3. The van der Waals surface area contributed by atoms with E-state index in [0.29, 0.717) is 6.04 Å². The predicted molar refractivity (Wildman–Crippen MR) is 58.3 cm³/mol. The van der Waals surface area contributed by atoms with Crippen LogP contribution in [0, 0.1) is 6.92 Å². The summed E-state index contributed by atoms with van der Waals surface area (Å²) in [6, 6.07) is 0.433. The van der Waals surface area contributed by atoms with E-state index in [4.69, 9.17) is 0 Å². The van der Waals surface area contributed by atoms with Crippen molar-refractivity contribution in [1.82, 2.24) is 10.3 Å². The van der Waals surface area contributed by atoms with Crippen LogP contribution in [0.2, 0.25) is 0 Å². The second kappa shape index (κ2) is 4.72. The van der Waals surface area contributed by atoms with Crippen molar-refractivity contribution in [2.24, 2.45) is 0 Å². The fourth-order valence-corrected chi connectivity index (χ4v) is 2.55. The second-order valence-electron chi connectivity index (χ2n) is 3.32. The summed E-state index contributed by atoms with van der Waals surface area (Å²) in [5, 5.41) is 4.52. The summed E-state index contributed by atoms with van der Waals surface area (Å²) in [6.45, 7) is 6.47. The maximum atomic E-state index is 4.55. The van der Waals surface area contributed by atoms with Crippen LogP contribution in [-0.2, 0) is 6.42 Å². The van der Waals surface area contributed by atoms with E-state index in [1.165, 1.54) is 22.0 Å². The first-order valence-corrected chi connectivity index (χ1v) is 5.64. The third-order valence-corrected chi connectivity index (χ3v) is 3.57. The van der Waals surface area contributed by atoms with Gasteiger partial charge in [0.05, 0.1) is 10.7 Å². The lowest BCUT2D eigenvalue weighted by Crippen LogP contribution is -2.11. The molecule has 0 aromatic carbocycles. The number of nitrogens with one attached hydrogen (secondary N) is 1. The molecule has 1 heterocycles. The first-order chi connectivity index (χ1) is 6.19. The number of thiazole rings is 1. The van der Waals surface area contributed by atoms with Crippen molar-refractivity contribution in [2.75, 3.05) is 7.05 Å². The Bertz CT molecular complexity index is 268. The van der Waals surface area contributed by atoms with Crippen molar-refractivity contribution in [2.45, 2.75) is 39.7 Å². The van der Waals surface area contributed by atoms with Crippen LogP contribution < -0.4 is 5.32 Å². The molecule has 0 fully saturated rings. The Morgan fingerprint density at radius 1 is 1.54 bits per heavy atom. The molecule has 0 saturated heterocycles. The maximum Gasteiger partial charge on any atom is 0.0931 e. The van der Waals surface area contributed by atoms with Crippen molar-refractivity contribution >= 4 is 11.3 Å². The molecule has 0 spiro atoms. The molecule has 3 heteroatoms. The molecule has 0 aliphatic rings. The quantitative estimate of drug-likeness (QED) is 0.804. The van der Waals surface area contributed by atoms with Gasteiger partial charge in [0, 0.05) is 10.9 Å². The Labute approximate surface area is 84.4 Å². The number of hydrogen-bond donors (Lipinski definition) is 1. The van der Waals surface area contributed by atoms with Crippen LogP contribution in [0.25, 0.3) is 0 Å². The summed E-state index contributed by atoms with van der Waals surface area (Å²) < 4.78 is 0. The fourth-order valence-electron chi connectivity index (χ4n) is 1.32. The van der Waals surface area contributed by atoms with Crippen molar-refractivity contribution in [1.29, 1.82) is 0 Å². The highest BCUT2D eigenvalue weighted by Gasteiger charge is 2.11. The molecular weight excluding hydrogens is 180 g/mol. The zero-order valence-corrected chi connectivity index (χ0v) is 9.66. The third kappa shape index (κ3) is 2.51. The molecule has 1 rings (SSSR count). The Hall–Kier alpha value is -0.410. The largest absolute Gasteiger partial charge is 0.312 e. The SMILES string of the molecule is CCCc1nc(C)c(C(C)NC)s1. The molecular formula is C10H18N2S. The summed E-state index contributed by atoms with van der Waals surface area (Å²) >= 11 is 1.84. The van der Waals surface area contributed by atoms with Crippen LogP contribution in [-0.4, -0.2) is 12.0 Å². The van der Waals surface area contributed by atoms with Crippen molar-refractivity contribution in [3.63, 3.8) is 0 Å². The van der Waals surface area contributed by atoms with E-state index in [2.05, 4.69) is 31.1 Å². The van der Waals surface area contributed by atoms with E-state index < -0.39 is 0 Å². The van der Waals surface area contributed by atoms with Gasteiger partial charge in [-0.3, -0.25) is 0 Å². The molecule has 13 heavy (non-hydrogen) atoms. The zero-order valence-electron chi connectivity index (χ0n) is 8.85. The average molecular weight is 198 g/mol. The molecule has 0 aliphatic carbocycles. The molecule has 0 amide bonds. The highest BCUT2D eigenvalue weighted by Crippen LogP contribution is 2.25. The lowest BCUT2D eigenvalue weighted by molar-refractivity contribution is 0.658. The van der Waals surface area contributed by atoms with Crippen molar-refractivity contribution in [3.05, 3.63) is 15.6 Å². The summed E-state index contributed by atoms with van der Waals surface area (Å²) in [5.41, 5.74) is 1.19. The van der Waals surface area contributed by atoms with Crippen LogP contribution in [0.4, 0.5) is 0 Å². The number of aromatic nitrogens is 1. The lowest BCUT2D eigenvalue weighted by Gasteiger charge is -2.06. The van der Waals surface area contributed by atoms with Gasteiger partial charge in [0.15, 0.2) is 0 Å². The highest BCUT2D eigenvalue weighted by atomic mass is 32.1. The van der Waals surface area contributed by atoms with Crippen LogP contribution in [0.1, 0.15) is 41.9 Å². The topological polar surface area (TPSA) is 24.9 Å². The Morgan fingerprint density at radius 3 is 2.77 bits per heavy atom. The summed E-state index contributed by atoms with van der Waals surface area (Å²) in [4.78, 5) is 5.93. The van der Waals surface area contributed by atoms with Crippen LogP contribution >= 0.6 is 11.3 Å². The van der Waals surface area contributed by atoms with E-state index >= 15 is 0 Å². The average Bonchev–Trinajstić information content (AvgIpc) is 2.46. The standard InChI is InChI=1S/C10H18N2S/c1-5-6-9-12-8(3)10(13-9)7(2)11-4/h7,11H,5-6H2,1-4H3. The van der Waals surface area contributed by atoms with Crippen molar-refractivity contribution in [3.8, 4) is 0 Å². The molecule has 1 unspecified atom stereocenters. The first-order valence-electron chi connectivity index (χ1n) is 4.82. The van der Waals surface area contributed by atoms with Crippen LogP contribution in [0.5, 0.6) is 0 Å². The minimum Gasteiger partial charge on any atom is -0.312 e. The zero-order chi connectivity index (χ0) is 9.84. The number of aryl methyl sites for hydroxylation is 2. The molecule has 0 saturated carbocycles. The minimum absolute atomic E-state index is 0.433. The minimum atomic E-state index is 0.433. The van der Waals surface area contributed by atoms with E-state index in [1.54, 1.807) is 0 Å². The molecule has 1 N–H and O–H groups in total. The van der Waals surface area contributed by atoms with Crippen molar-refractivity contribution < 1.29 is 0 Å². The molecule has 1 aromatic heterocycles. The Kier molecular flexibility index (Phi) is 3.88. The number of nitrogens with zero attached hydrogens (tertiary/aromatic N) is 1. The number of rotatable bonds is 4. The summed E-state index contributed by atoms with van der Waals surface area (Å²) in [6.07, 6.45) is 2.29. The van der Waals surface area contributed by atoms with Gasteiger partial charge in [-0.1, -0.05) is 6.92 Å². The monoisotopic (exact) mass is 198 g/mol. The molecule has 0 bridgehead atoms. The molecule has 1 aromatic rings. The molecule has 74 valence electrons. The molecule has 2 nitrogen and oxygen atoms in total.